The van der Waals surface area contributed by atoms with Crippen LogP contribution < -0.4 is 0 Å². The Morgan fingerprint density at radius 3 is 0.964 bits per heavy atom. The van der Waals surface area contributed by atoms with Crippen molar-refractivity contribution in [1.82, 2.24) is 0 Å². The average Bonchev–Trinajstić information content (AvgIpc) is 2.79. The van der Waals surface area contributed by atoms with E-state index in [2.05, 4.69) is 121 Å². The van der Waals surface area contributed by atoms with Gasteiger partial charge in [-0.3, -0.25) is 0 Å². The van der Waals surface area contributed by atoms with E-state index in [-0.39, 0.29) is 0 Å². The van der Waals surface area contributed by atoms with Crippen molar-refractivity contribution in [3.8, 4) is 0 Å². The zero-order valence-electron chi connectivity index (χ0n) is 16.1. The molecule has 4 rings (SSSR count). The first-order valence-electron chi connectivity index (χ1n) is 10.1. The molecule has 0 bridgehead atoms. The predicted molar refractivity (Wildman–Crippen MR) is 119 cm³/mol. The highest BCUT2D eigenvalue weighted by molar-refractivity contribution is 5.33. The topological polar surface area (TPSA) is 0 Å². The van der Waals surface area contributed by atoms with E-state index in [9.17, 15) is 0 Å². The lowest BCUT2D eigenvalue weighted by atomic mass is 9.75. The van der Waals surface area contributed by atoms with Crippen LogP contribution in [0.25, 0.3) is 0 Å². The smallest absolute Gasteiger partial charge is 0.00494 e. The summed E-state index contributed by atoms with van der Waals surface area (Å²) in [5.41, 5.74) is 5.61. The molecular formula is C28H26. The largest absolute Gasteiger partial charge is 0.0622 e. The Bertz CT molecular complexity index is 861. The first-order valence-corrected chi connectivity index (χ1v) is 10.1. The lowest BCUT2D eigenvalue weighted by molar-refractivity contribution is 0.531. The molecule has 0 saturated heterocycles. The van der Waals surface area contributed by atoms with Gasteiger partial charge in [-0.1, -0.05) is 121 Å². The van der Waals surface area contributed by atoms with Gasteiger partial charge < -0.3 is 0 Å². The zero-order valence-corrected chi connectivity index (χ0v) is 16.1. The van der Waals surface area contributed by atoms with E-state index in [4.69, 9.17) is 0 Å². The highest BCUT2D eigenvalue weighted by Crippen LogP contribution is 2.38. The third-order valence-electron chi connectivity index (χ3n) is 5.54. The minimum Gasteiger partial charge on any atom is -0.0622 e. The van der Waals surface area contributed by atoms with Crippen molar-refractivity contribution >= 4 is 0 Å². The lowest BCUT2D eigenvalue weighted by Crippen LogP contribution is -2.17. The standard InChI is InChI=1S/C28H26/c1-5-13-23(14-6-1)21-27(25-17-9-3-10-18-25)28(26-19-11-4-12-20-26)22-24-15-7-2-8-16-24/h1-20,27-28H,21-22H2/t27-,28-/m0/s1. The van der Waals surface area contributed by atoms with E-state index in [1.165, 1.54) is 22.3 Å². The van der Waals surface area contributed by atoms with Crippen LogP contribution in [-0.2, 0) is 12.8 Å². The second kappa shape index (κ2) is 9.19. The van der Waals surface area contributed by atoms with Crippen LogP contribution in [-0.4, -0.2) is 0 Å². The maximum atomic E-state index is 2.29. The summed E-state index contributed by atoms with van der Waals surface area (Å²) < 4.78 is 0. The van der Waals surface area contributed by atoms with Gasteiger partial charge in [0.1, 0.15) is 0 Å². The van der Waals surface area contributed by atoms with Gasteiger partial charge in [0.2, 0.25) is 0 Å². The maximum Gasteiger partial charge on any atom is -0.00494 e. The number of hydrogen-bond donors (Lipinski definition) is 0. The van der Waals surface area contributed by atoms with E-state index in [1.807, 2.05) is 0 Å². The summed E-state index contributed by atoms with van der Waals surface area (Å²) in [6.07, 6.45) is 2.08. The second-order valence-corrected chi connectivity index (χ2v) is 7.41. The molecule has 28 heavy (non-hydrogen) atoms. The SMILES string of the molecule is c1ccc(C[C@@H](c2ccccc2)[C@@H](Cc2ccccc2)c2ccccc2)cc1. The van der Waals surface area contributed by atoms with Crippen molar-refractivity contribution in [1.29, 1.82) is 0 Å². The molecule has 0 saturated carbocycles. The average molecular weight is 363 g/mol. The van der Waals surface area contributed by atoms with Gasteiger partial charge in [0.05, 0.1) is 0 Å². The first-order chi connectivity index (χ1) is 13.9. The lowest BCUT2D eigenvalue weighted by Gasteiger charge is -2.29. The van der Waals surface area contributed by atoms with E-state index in [1.54, 1.807) is 0 Å². The molecule has 0 fully saturated rings. The van der Waals surface area contributed by atoms with Gasteiger partial charge in [-0.25, -0.2) is 0 Å². The molecule has 0 unspecified atom stereocenters. The molecule has 0 amide bonds. The molecule has 2 atom stereocenters. The monoisotopic (exact) mass is 362 g/mol. The Labute approximate surface area is 168 Å². The third-order valence-corrected chi connectivity index (χ3v) is 5.54. The third kappa shape index (κ3) is 4.58. The molecule has 0 spiro atoms. The molecule has 0 radical (unpaired) electrons. The normalized spacial score (nSPS) is 13.0. The summed E-state index contributed by atoms with van der Waals surface area (Å²) in [6.45, 7) is 0. The zero-order chi connectivity index (χ0) is 19.0. The van der Waals surface area contributed by atoms with Crippen LogP contribution in [0.2, 0.25) is 0 Å². The molecule has 4 aromatic carbocycles. The van der Waals surface area contributed by atoms with Crippen LogP contribution in [0.1, 0.15) is 34.1 Å². The number of rotatable bonds is 7. The fourth-order valence-electron chi connectivity index (χ4n) is 4.12. The van der Waals surface area contributed by atoms with Crippen LogP contribution >= 0.6 is 0 Å². The van der Waals surface area contributed by atoms with Crippen molar-refractivity contribution in [3.63, 3.8) is 0 Å². The van der Waals surface area contributed by atoms with Crippen LogP contribution in [0.3, 0.4) is 0 Å². The van der Waals surface area contributed by atoms with E-state index in [0.717, 1.165) is 12.8 Å². The molecule has 0 aliphatic rings. The highest BCUT2D eigenvalue weighted by atomic mass is 14.3. The van der Waals surface area contributed by atoms with E-state index < -0.39 is 0 Å². The fraction of sp³-hybridized carbons (Fsp3) is 0.143. The van der Waals surface area contributed by atoms with Gasteiger partial charge in [-0.15, -0.1) is 0 Å². The Hall–Kier alpha value is -3.12. The summed E-state index contributed by atoms with van der Waals surface area (Å²) in [4.78, 5) is 0. The van der Waals surface area contributed by atoms with Gasteiger partial charge >= 0.3 is 0 Å². The molecule has 4 aromatic rings. The van der Waals surface area contributed by atoms with Crippen LogP contribution in [0.5, 0.6) is 0 Å². The molecule has 0 heteroatoms. The maximum absolute atomic E-state index is 2.29. The summed E-state index contributed by atoms with van der Waals surface area (Å²) in [6, 6.07) is 43.8. The Morgan fingerprint density at radius 2 is 0.643 bits per heavy atom. The van der Waals surface area contributed by atoms with Gasteiger partial charge in [0.15, 0.2) is 0 Å². The number of hydrogen-bond acceptors (Lipinski definition) is 0. The predicted octanol–water partition coefficient (Wildman–Crippen LogP) is 7.04. The van der Waals surface area contributed by atoms with Crippen molar-refractivity contribution in [2.45, 2.75) is 24.7 Å². The van der Waals surface area contributed by atoms with E-state index >= 15 is 0 Å². The molecule has 0 aliphatic heterocycles. The van der Waals surface area contributed by atoms with Crippen LogP contribution in [0.4, 0.5) is 0 Å². The van der Waals surface area contributed by atoms with Crippen molar-refractivity contribution in [2.24, 2.45) is 0 Å². The minimum atomic E-state index is 0.422. The Morgan fingerprint density at radius 1 is 0.357 bits per heavy atom. The molecular weight excluding hydrogens is 336 g/mol. The molecule has 138 valence electrons. The molecule has 0 heterocycles. The van der Waals surface area contributed by atoms with E-state index in [0.29, 0.717) is 11.8 Å². The molecule has 0 aromatic heterocycles. The Balaban J connectivity index is 1.76. The van der Waals surface area contributed by atoms with Gasteiger partial charge in [0.25, 0.3) is 0 Å². The van der Waals surface area contributed by atoms with Crippen LogP contribution in [0, 0.1) is 0 Å². The summed E-state index contributed by atoms with van der Waals surface area (Å²) in [5, 5.41) is 0. The fourth-order valence-corrected chi connectivity index (χ4v) is 4.12. The highest BCUT2D eigenvalue weighted by Gasteiger charge is 2.25. The van der Waals surface area contributed by atoms with Gasteiger partial charge in [-0.05, 0) is 46.9 Å². The first kappa shape index (κ1) is 18.3. The van der Waals surface area contributed by atoms with Gasteiger partial charge in [0, 0.05) is 0 Å². The number of benzene rings is 4. The Kier molecular flexibility index (Phi) is 5.99. The minimum absolute atomic E-state index is 0.422. The molecule has 0 nitrogen and oxygen atoms in total. The second-order valence-electron chi connectivity index (χ2n) is 7.41. The molecule has 0 N–H and O–H groups in total. The summed E-state index contributed by atoms with van der Waals surface area (Å²) in [5.74, 6) is 0.845. The molecule has 0 aliphatic carbocycles. The quantitative estimate of drug-likeness (QED) is 0.331. The van der Waals surface area contributed by atoms with Crippen molar-refractivity contribution in [3.05, 3.63) is 144 Å². The van der Waals surface area contributed by atoms with Gasteiger partial charge in [-0.2, -0.15) is 0 Å². The van der Waals surface area contributed by atoms with Crippen LogP contribution in [0.15, 0.2) is 121 Å². The summed E-state index contributed by atoms with van der Waals surface area (Å²) in [7, 11) is 0. The van der Waals surface area contributed by atoms with Crippen molar-refractivity contribution in [2.75, 3.05) is 0 Å². The van der Waals surface area contributed by atoms with Crippen molar-refractivity contribution < 1.29 is 0 Å². The summed E-state index contributed by atoms with van der Waals surface area (Å²) >= 11 is 0.